The molecule has 1 aromatic carbocycles. The van der Waals surface area contributed by atoms with Crippen molar-refractivity contribution in [3.63, 3.8) is 0 Å². The Morgan fingerprint density at radius 1 is 1.48 bits per heavy atom. The van der Waals surface area contributed by atoms with Crippen molar-refractivity contribution in [2.45, 2.75) is 38.1 Å². The number of ether oxygens (including phenoxy) is 1. The number of amides is 1. The molecule has 2 rings (SSSR count). The first-order chi connectivity index (χ1) is 9.99. The number of halogens is 1. The van der Waals surface area contributed by atoms with E-state index in [1.807, 2.05) is 0 Å². The van der Waals surface area contributed by atoms with Crippen LogP contribution in [-0.2, 0) is 0 Å². The van der Waals surface area contributed by atoms with Crippen LogP contribution >= 0.6 is 15.9 Å². The second kappa shape index (κ2) is 6.48. The number of carbonyl (C=O) groups is 1. The molecule has 0 radical (unpaired) electrons. The highest BCUT2D eigenvalue weighted by atomic mass is 79.9. The summed E-state index contributed by atoms with van der Waals surface area (Å²) in [6.07, 6.45) is 3.38. The van der Waals surface area contributed by atoms with Crippen LogP contribution in [0.2, 0.25) is 0 Å². The van der Waals surface area contributed by atoms with Gasteiger partial charge >= 0.3 is 0 Å². The van der Waals surface area contributed by atoms with Crippen LogP contribution in [0.15, 0.2) is 22.7 Å². The average molecular weight is 351 g/mol. The number of hydrogen-bond acceptors (Lipinski definition) is 3. The number of rotatable bonds is 3. The fourth-order valence-electron chi connectivity index (χ4n) is 2.62. The van der Waals surface area contributed by atoms with Crippen LogP contribution in [0.4, 0.5) is 0 Å². The van der Waals surface area contributed by atoms with E-state index in [4.69, 9.17) is 4.74 Å². The molecule has 1 aliphatic rings. The first-order valence-corrected chi connectivity index (χ1v) is 7.86. The van der Waals surface area contributed by atoms with Gasteiger partial charge in [0.05, 0.1) is 17.7 Å². The fourth-order valence-corrected chi connectivity index (χ4v) is 3.16. The molecule has 1 amide bonds. The summed E-state index contributed by atoms with van der Waals surface area (Å²) in [5, 5.41) is 12.4. The van der Waals surface area contributed by atoms with Gasteiger partial charge in [0.15, 0.2) is 0 Å². The zero-order valence-electron chi connectivity index (χ0n) is 12.3. The molecule has 21 heavy (non-hydrogen) atoms. The first kappa shape index (κ1) is 15.8. The highest BCUT2D eigenvalue weighted by Crippen LogP contribution is 2.32. The number of carbonyl (C=O) groups excluding carboxylic acids is 1. The molecule has 4 nitrogen and oxygen atoms in total. The number of methoxy groups -OCH3 is 1. The Kier molecular flexibility index (Phi) is 4.89. The molecule has 1 aliphatic carbocycles. The number of benzene rings is 1. The number of nitriles is 1. The fraction of sp³-hybridized carbons (Fsp3) is 0.500. The quantitative estimate of drug-likeness (QED) is 0.904. The Labute approximate surface area is 133 Å². The summed E-state index contributed by atoms with van der Waals surface area (Å²) < 4.78 is 5.87. The molecule has 0 aromatic heterocycles. The van der Waals surface area contributed by atoms with E-state index in [1.54, 1.807) is 25.3 Å². The minimum absolute atomic E-state index is 0.213. The highest BCUT2D eigenvalue weighted by molar-refractivity contribution is 9.10. The Balaban J connectivity index is 2.13. The van der Waals surface area contributed by atoms with E-state index in [0.29, 0.717) is 30.1 Å². The molecule has 0 heterocycles. The van der Waals surface area contributed by atoms with E-state index in [-0.39, 0.29) is 5.91 Å². The maximum Gasteiger partial charge on any atom is 0.252 e. The van der Waals surface area contributed by atoms with Crippen LogP contribution in [0.1, 0.15) is 43.0 Å². The maximum absolute atomic E-state index is 12.4. The van der Waals surface area contributed by atoms with Gasteiger partial charge in [-0.2, -0.15) is 5.26 Å². The van der Waals surface area contributed by atoms with E-state index in [9.17, 15) is 10.1 Å². The Morgan fingerprint density at radius 3 is 2.67 bits per heavy atom. The number of nitrogens with zero attached hydrogens (tertiary/aromatic N) is 1. The molecule has 0 atom stereocenters. The summed E-state index contributed by atoms with van der Waals surface area (Å²) in [5.41, 5.74) is -0.202. The van der Waals surface area contributed by atoms with Crippen molar-refractivity contribution in [2.75, 3.05) is 7.11 Å². The Bertz CT molecular complexity index is 572. The van der Waals surface area contributed by atoms with Crippen molar-refractivity contribution in [2.24, 2.45) is 5.92 Å². The van der Waals surface area contributed by atoms with Crippen LogP contribution in [0.3, 0.4) is 0 Å². The van der Waals surface area contributed by atoms with Gasteiger partial charge in [-0.1, -0.05) is 6.92 Å². The van der Waals surface area contributed by atoms with Crippen molar-refractivity contribution in [1.29, 1.82) is 5.26 Å². The smallest absolute Gasteiger partial charge is 0.252 e. The van der Waals surface area contributed by atoms with Crippen molar-refractivity contribution >= 4 is 21.8 Å². The molecule has 5 heteroatoms. The molecule has 0 bridgehead atoms. The molecule has 0 unspecified atom stereocenters. The van der Waals surface area contributed by atoms with Gasteiger partial charge in [0.25, 0.3) is 5.91 Å². The maximum atomic E-state index is 12.4. The van der Waals surface area contributed by atoms with E-state index >= 15 is 0 Å². The van der Waals surface area contributed by atoms with Gasteiger partial charge in [0, 0.05) is 5.56 Å². The van der Waals surface area contributed by atoms with Gasteiger partial charge in [-0.05, 0) is 65.7 Å². The second-order valence-electron chi connectivity index (χ2n) is 5.68. The molecule has 1 saturated carbocycles. The molecule has 0 aliphatic heterocycles. The summed E-state index contributed by atoms with van der Waals surface area (Å²) in [6.45, 7) is 2.18. The summed E-state index contributed by atoms with van der Waals surface area (Å²) in [4.78, 5) is 12.4. The third-order valence-corrected chi connectivity index (χ3v) is 4.73. The zero-order valence-corrected chi connectivity index (χ0v) is 13.9. The zero-order chi connectivity index (χ0) is 15.5. The lowest BCUT2D eigenvalue weighted by molar-refractivity contribution is 0.0894. The molecule has 1 fully saturated rings. The Hall–Kier alpha value is -1.54. The van der Waals surface area contributed by atoms with Crippen LogP contribution < -0.4 is 10.1 Å². The van der Waals surface area contributed by atoms with Crippen molar-refractivity contribution < 1.29 is 9.53 Å². The lowest BCUT2D eigenvalue weighted by Crippen LogP contribution is -2.49. The summed E-state index contributed by atoms with van der Waals surface area (Å²) >= 11 is 3.37. The minimum Gasteiger partial charge on any atom is -0.496 e. The van der Waals surface area contributed by atoms with Crippen molar-refractivity contribution in [3.8, 4) is 11.8 Å². The lowest BCUT2D eigenvalue weighted by Gasteiger charge is -2.34. The molecule has 0 spiro atoms. The van der Waals surface area contributed by atoms with E-state index in [1.165, 1.54) is 0 Å². The monoisotopic (exact) mass is 350 g/mol. The van der Waals surface area contributed by atoms with E-state index in [0.717, 1.165) is 17.3 Å². The third kappa shape index (κ3) is 3.56. The third-order valence-electron chi connectivity index (χ3n) is 4.11. The summed E-state index contributed by atoms with van der Waals surface area (Å²) in [7, 11) is 1.58. The summed E-state index contributed by atoms with van der Waals surface area (Å²) in [5.74, 6) is 1.08. The largest absolute Gasteiger partial charge is 0.496 e. The van der Waals surface area contributed by atoms with Crippen LogP contribution in [0.5, 0.6) is 5.75 Å². The van der Waals surface area contributed by atoms with Gasteiger partial charge in [0.1, 0.15) is 11.3 Å². The van der Waals surface area contributed by atoms with Gasteiger partial charge in [0.2, 0.25) is 0 Å². The molecule has 0 saturated heterocycles. The van der Waals surface area contributed by atoms with Gasteiger partial charge in [-0.25, -0.2) is 0 Å². The predicted molar refractivity (Wildman–Crippen MR) is 84.1 cm³/mol. The van der Waals surface area contributed by atoms with Gasteiger partial charge in [-0.3, -0.25) is 4.79 Å². The van der Waals surface area contributed by atoms with Crippen LogP contribution in [-0.4, -0.2) is 18.6 Å². The molecule has 112 valence electrons. The summed E-state index contributed by atoms with van der Waals surface area (Å²) in [6, 6.07) is 7.46. The molecular formula is C16H19BrN2O2. The average Bonchev–Trinajstić information content (AvgIpc) is 2.49. The van der Waals surface area contributed by atoms with Gasteiger partial charge in [-0.15, -0.1) is 0 Å². The first-order valence-electron chi connectivity index (χ1n) is 7.07. The predicted octanol–water partition coefficient (Wildman–Crippen LogP) is 3.66. The standard InChI is InChI=1S/C16H19BrN2O2/c1-11-5-7-16(10-18,8-6-11)19-15(20)12-3-4-14(21-2)13(17)9-12/h3-4,9,11H,5-8H2,1-2H3,(H,19,20). The minimum atomic E-state index is -0.726. The SMILES string of the molecule is COc1ccc(C(=O)NC2(C#N)CCC(C)CC2)cc1Br. The van der Waals surface area contributed by atoms with E-state index < -0.39 is 5.54 Å². The molecule has 1 aromatic rings. The second-order valence-corrected chi connectivity index (χ2v) is 6.53. The number of hydrogen-bond donors (Lipinski definition) is 1. The van der Waals surface area contributed by atoms with Gasteiger partial charge < -0.3 is 10.1 Å². The molecule has 1 N–H and O–H groups in total. The van der Waals surface area contributed by atoms with Crippen LogP contribution in [0.25, 0.3) is 0 Å². The lowest BCUT2D eigenvalue weighted by atomic mass is 9.78. The topological polar surface area (TPSA) is 62.1 Å². The number of nitrogens with one attached hydrogen (secondary N) is 1. The van der Waals surface area contributed by atoms with Crippen molar-refractivity contribution in [3.05, 3.63) is 28.2 Å². The van der Waals surface area contributed by atoms with Crippen molar-refractivity contribution in [1.82, 2.24) is 5.32 Å². The molecular weight excluding hydrogens is 332 g/mol. The van der Waals surface area contributed by atoms with Crippen LogP contribution in [0, 0.1) is 17.2 Å². The highest BCUT2D eigenvalue weighted by Gasteiger charge is 2.35. The Morgan fingerprint density at radius 2 is 2.14 bits per heavy atom. The normalized spacial score (nSPS) is 25.0. The van der Waals surface area contributed by atoms with E-state index in [2.05, 4.69) is 34.2 Å².